The highest BCUT2D eigenvalue weighted by Gasteiger charge is 2.40. The summed E-state index contributed by atoms with van der Waals surface area (Å²) in [5.41, 5.74) is 3.74. The average molecular weight is 1260 g/mol. The third-order valence-electron chi connectivity index (χ3n) is 17.4. The lowest BCUT2D eigenvalue weighted by molar-refractivity contribution is -0.144. The Morgan fingerprint density at radius 3 is 0.802 bits per heavy atom. The molecule has 0 spiro atoms. The van der Waals surface area contributed by atoms with Crippen molar-refractivity contribution in [1.82, 2.24) is 14.7 Å². The highest BCUT2D eigenvalue weighted by atomic mass is 16.6. The third kappa shape index (κ3) is 21.0. The van der Waals surface area contributed by atoms with Crippen molar-refractivity contribution in [2.24, 2.45) is 22.2 Å². The van der Waals surface area contributed by atoms with E-state index in [4.69, 9.17) is 42.6 Å². The first kappa shape index (κ1) is 73.0. The van der Waals surface area contributed by atoms with Crippen LogP contribution in [0.5, 0.6) is 0 Å². The van der Waals surface area contributed by atoms with E-state index in [1.54, 1.807) is 20.8 Å². The molecule has 3 aliphatic heterocycles. The Hall–Kier alpha value is -7.05. The van der Waals surface area contributed by atoms with E-state index in [1.165, 1.54) is 0 Å². The SMILES string of the molecule is CC(COC(=O)/C(C#N)=C1\CC(C)(C)CC(N2CCCC2)=C1C#N)OCC(C)OCC(COC(C)COC(C)COC(=O)/C(C#N)=C1\CC(C)(C)CC(N2CCCC2)=C1C#N)COC(C)COC(C)COC(=O)/C(C#N)=C1\CC(C)(C)CC(N2CCCC2)=C1C#N. The second-order valence-corrected chi connectivity index (χ2v) is 27.9. The number of carbonyl (C=O) groups excluding carboxylic acids is 3. The molecular weight excluding hydrogens is 1160 g/mol. The van der Waals surface area contributed by atoms with Crippen molar-refractivity contribution in [3.8, 4) is 36.4 Å². The molecule has 0 aromatic rings. The normalized spacial score (nSPS) is 22.8. The molecule has 0 aromatic carbocycles. The molecule has 3 aliphatic carbocycles. The molecule has 0 radical (unpaired) electrons. The van der Waals surface area contributed by atoms with Crippen molar-refractivity contribution in [3.05, 3.63) is 67.2 Å². The van der Waals surface area contributed by atoms with Gasteiger partial charge >= 0.3 is 17.9 Å². The number of carbonyl (C=O) groups is 3. The predicted molar refractivity (Wildman–Crippen MR) is 336 cm³/mol. The van der Waals surface area contributed by atoms with Gasteiger partial charge in [-0.05, 0) is 152 Å². The number of hydrogen-bond acceptors (Lipinski definition) is 21. The van der Waals surface area contributed by atoms with Gasteiger partial charge in [0.05, 0.1) is 93.0 Å². The molecular formula is C70H97N9O12. The first-order chi connectivity index (χ1) is 43.3. The van der Waals surface area contributed by atoms with E-state index in [0.29, 0.717) is 72.0 Å². The van der Waals surface area contributed by atoms with Gasteiger partial charge in [0.1, 0.15) is 73.0 Å². The van der Waals surface area contributed by atoms with Crippen LogP contribution in [-0.4, -0.2) is 168 Å². The molecule has 494 valence electrons. The van der Waals surface area contributed by atoms with Crippen LogP contribution in [0, 0.1) is 90.1 Å². The maximum absolute atomic E-state index is 13.5. The number of nitriles is 6. The van der Waals surface area contributed by atoms with Crippen LogP contribution in [0.3, 0.4) is 0 Å². The molecule has 3 saturated heterocycles. The summed E-state index contributed by atoms with van der Waals surface area (Å²) >= 11 is 0. The van der Waals surface area contributed by atoms with Gasteiger partial charge in [-0.3, -0.25) is 0 Å². The minimum absolute atomic E-state index is 0.134. The van der Waals surface area contributed by atoms with E-state index < -0.39 is 54.5 Å². The summed E-state index contributed by atoms with van der Waals surface area (Å²) < 4.78 is 54.0. The number of likely N-dealkylation sites (tertiary alicyclic amines) is 3. The minimum Gasteiger partial charge on any atom is -0.459 e. The number of nitrogens with zero attached hydrogens (tertiary/aromatic N) is 9. The summed E-state index contributed by atoms with van der Waals surface area (Å²) in [5.74, 6) is -2.72. The van der Waals surface area contributed by atoms with Gasteiger partial charge in [-0.15, -0.1) is 0 Å². The number of esters is 3. The fraction of sp³-hybridized carbons (Fsp3) is 0.700. The zero-order valence-corrected chi connectivity index (χ0v) is 56.1. The van der Waals surface area contributed by atoms with Crippen molar-refractivity contribution >= 4 is 17.9 Å². The Morgan fingerprint density at radius 2 is 0.582 bits per heavy atom. The summed E-state index contributed by atoms with van der Waals surface area (Å²) in [7, 11) is 0. The molecule has 6 unspecified atom stereocenters. The molecule has 0 amide bonds. The van der Waals surface area contributed by atoms with Gasteiger partial charge in [0.15, 0.2) is 0 Å². The molecule has 0 bridgehead atoms. The van der Waals surface area contributed by atoms with E-state index in [0.717, 1.165) is 94.9 Å². The van der Waals surface area contributed by atoms with Gasteiger partial charge in [0.2, 0.25) is 0 Å². The van der Waals surface area contributed by atoms with Gasteiger partial charge < -0.3 is 57.3 Å². The van der Waals surface area contributed by atoms with Crippen LogP contribution in [0.25, 0.3) is 0 Å². The quantitative estimate of drug-likeness (QED) is 0.0279. The van der Waals surface area contributed by atoms with Crippen molar-refractivity contribution < 1.29 is 57.0 Å². The first-order valence-corrected chi connectivity index (χ1v) is 32.5. The Balaban J connectivity index is 1.03. The first-order valence-electron chi connectivity index (χ1n) is 32.5. The topological polar surface area (TPSA) is 287 Å². The monoisotopic (exact) mass is 1260 g/mol. The Kier molecular flexibility index (Phi) is 27.3. The third-order valence-corrected chi connectivity index (χ3v) is 17.4. The molecule has 6 rings (SSSR count). The number of hydrogen-bond donors (Lipinski definition) is 0. The van der Waals surface area contributed by atoms with Crippen LogP contribution in [-0.2, 0) is 57.0 Å². The summed E-state index contributed by atoms with van der Waals surface area (Å²) in [6, 6.07) is 13.1. The lowest BCUT2D eigenvalue weighted by atomic mass is 9.72. The second-order valence-electron chi connectivity index (χ2n) is 27.9. The van der Waals surface area contributed by atoms with Crippen LogP contribution < -0.4 is 0 Å². The average Bonchev–Trinajstić information content (AvgIpc) is 1.61. The van der Waals surface area contributed by atoms with E-state index in [1.807, 2.05) is 39.0 Å². The molecule has 0 N–H and O–H groups in total. The fourth-order valence-corrected chi connectivity index (χ4v) is 12.6. The highest BCUT2D eigenvalue weighted by Crippen LogP contribution is 2.47. The Bertz CT molecular complexity index is 2750. The van der Waals surface area contributed by atoms with Gasteiger partial charge in [-0.25, -0.2) is 14.4 Å². The Labute approximate surface area is 540 Å². The molecule has 0 aromatic heterocycles. The molecule has 3 heterocycles. The van der Waals surface area contributed by atoms with E-state index >= 15 is 0 Å². The largest absolute Gasteiger partial charge is 0.459 e. The molecule has 6 aliphatic rings. The lowest BCUT2D eigenvalue weighted by Crippen LogP contribution is -2.32. The molecule has 3 fully saturated rings. The van der Waals surface area contributed by atoms with Crippen LogP contribution in [0.15, 0.2) is 67.2 Å². The smallest absolute Gasteiger partial charge is 0.349 e. The highest BCUT2D eigenvalue weighted by molar-refractivity contribution is 5.96. The zero-order chi connectivity index (χ0) is 66.6. The summed E-state index contributed by atoms with van der Waals surface area (Å²) in [5, 5.41) is 61.7. The van der Waals surface area contributed by atoms with Gasteiger partial charge in [-0.2, -0.15) is 31.6 Å². The van der Waals surface area contributed by atoms with Crippen molar-refractivity contribution in [2.75, 3.05) is 98.7 Å². The van der Waals surface area contributed by atoms with Gasteiger partial charge in [0, 0.05) is 62.3 Å². The van der Waals surface area contributed by atoms with Crippen LogP contribution in [0.4, 0.5) is 0 Å². The number of rotatable bonds is 30. The maximum Gasteiger partial charge on any atom is 0.349 e. The number of ether oxygens (including phenoxy) is 9. The van der Waals surface area contributed by atoms with Crippen molar-refractivity contribution in [3.63, 3.8) is 0 Å². The molecule has 6 atom stereocenters. The summed E-state index contributed by atoms with van der Waals surface area (Å²) in [6.07, 6.45) is 6.32. The minimum atomic E-state index is -0.802. The molecule has 0 saturated carbocycles. The molecule has 21 heteroatoms. The Morgan fingerprint density at radius 1 is 0.363 bits per heavy atom. The van der Waals surface area contributed by atoms with Crippen LogP contribution in [0.1, 0.15) is 160 Å². The van der Waals surface area contributed by atoms with E-state index in [9.17, 15) is 46.0 Å². The number of allylic oxidation sites excluding steroid dienone is 9. The lowest BCUT2D eigenvalue weighted by Gasteiger charge is -2.37. The maximum atomic E-state index is 13.5. The zero-order valence-electron chi connectivity index (χ0n) is 56.1. The van der Waals surface area contributed by atoms with Gasteiger partial charge in [0.25, 0.3) is 0 Å². The standard InChI is InChI=1S/C70H97N9O12/c1-46(37-83-49(4)40-89-65(80)59(34-74)53-25-68(7,8)28-62(56(53)31-71)77-19-13-14-20-77)86-43-52(44-87-47(2)38-84-50(5)41-90-66(81)60(35-75)54-26-69(9,10)29-63(57(54)32-72)78-21-15-16-22-78)45-88-48(3)39-85-51(6)42-91-67(82)61(36-76)55-27-70(11,12)30-64(58(55)33-73)79-23-17-18-24-79/h46-52H,13-30,37-45H2,1-12H3/b59-53+,60-54+,61-55+. The van der Waals surface area contributed by atoms with Crippen LogP contribution in [0.2, 0.25) is 0 Å². The van der Waals surface area contributed by atoms with E-state index in [-0.39, 0.29) is 98.3 Å². The fourth-order valence-electron chi connectivity index (χ4n) is 12.6. The molecule has 91 heavy (non-hydrogen) atoms. The van der Waals surface area contributed by atoms with Crippen LogP contribution >= 0.6 is 0 Å². The van der Waals surface area contributed by atoms with Crippen molar-refractivity contribution in [2.45, 2.75) is 197 Å². The van der Waals surface area contributed by atoms with E-state index in [2.05, 4.69) is 74.4 Å². The molecule has 21 nitrogen and oxygen atoms in total. The summed E-state index contributed by atoms with van der Waals surface area (Å²) in [4.78, 5) is 47.2. The summed E-state index contributed by atoms with van der Waals surface area (Å²) in [6.45, 7) is 28.8. The van der Waals surface area contributed by atoms with Gasteiger partial charge in [-0.1, -0.05) is 41.5 Å². The van der Waals surface area contributed by atoms with Crippen molar-refractivity contribution in [1.29, 1.82) is 31.6 Å². The predicted octanol–water partition coefficient (Wildman–Crippen LogP) is 10.2. The second kappa shape index (κ2) is 34.0.